The van der Waals surface area contributed by atoms with E-state index in [-0.39, 0.29) is 33.7 Å². The van der Waals surface area contributed by atoms with Crippen LogP contribution >= 0.6 is 23.2 Å². The van der Waals surface area contributed by atoms with Gasteiger partial charge in [0.05, 0.1) is 15.6 Å². The summed E-state index contributed by atoms with van der Waals surface area (Å²) in [7, 11) is 0. The smallest absolute Gasteiger partial charge is 0.416 e. The molecule has 0 bridgehead atoms. The quantitative estimate of drug-likeness (QED) is 0.236. The summed E-state index contributed by atoms with van der Waals surface area (Å²) in [6.45, 7) is 3.41. The summed E-state index contributed by atoms with van der Waals surface area (Å²) < 4.78 is 44.2. The van der Waals surface area contributed by atoms with E-state index in [2.05, 4.69) is 10.6 Å². The van der Waals surface area contributed by atoms with Gasteiger partial charge >= 0.3 is 6.18 Å². The van der Waals surface area contributed by atoms with E-state index in [0.717, 1.165) is 35.4 Å². The van der Waals surface area contributed by atoms with Crippen LogP contribution in [0.5, 0.6) is 5.75 Å². The number of benzene rings is 3. The standard InChI is InChI=1S/C27H20Cl2F3N3O3/c1-15-6-7-23(16(2)8-15)35-24(36)14-38-25-21(28)10-17(11-22(25)29)9-18(13-33)26(37)34-20-5-3-4-19(12-20)27(30,31)32/h3-12H,14H2,1-2H3,(H,34,37)(H,35,36)/b18-9+. The molecule has 0 spiro atoms. The van der Waals surface area contributed by atoms with Crippen LogP contribution in [0.1, 0.15) is 22.3 Å². The molecule has 38 heavy (non-hydrogen) atoms. The maximum absolute atomic E-state index is 12.9. The number of nitrogens with one attached hydrogen (secondary N) is 2. The second-order valence-electron chi connectivity index (χ2n) is 8.17. The minimum Gasteiger partial charge on any atom is -0.481 e. The van der Waals surface area contributed by atoms with Crippen LogP contribution in [0, 0.1) is 25.2 Å². The molecule has 6 nitrogen and oxygen atoms in total. The molecular formula is C27H20Cl2F3N3O3. The number of carbonyl (C=O) groups is 2. The Morgan fingerprint density at radius 3 is 2.32 bits per heavy atom. The van der Waals surface area contributed by atoms with Gasteiger partial charge in [-0.1, -0.05) is 47.0 Å². The molecule has 3 aromatic rings. The number of nitriles is 1. The SMILES string of the molecule is Cc1ccc(NC(=O)COc2c(Cl)cc(/C=C(\C#N)C(=O)Nc3cccc(C(F)(F)F)c3)cc2Cl)c(C)c1. The highest BCUT2D eigenvalue weighted by atomic mass is 35.5. The Labute approximate surface area is 226 Å². The topological polar surface area (TPSA) is 91.2 Å². The number of carbonyl (C=O) groups excluding carboxylic acids is 2. The lowest BCUT2D eigenvalue weighted by Gasteiger charge is -2.13. The van der Waals surface area contributed by atoms with Crippen LogP contribution in [0.15, 0.2) is 60.2 Å². The van der Waals surface area contributed by atoms with Crippen molar-refractivity contribution in [3.8, 4) is 11.8 Å². The van der Waals surface area contributed by atoms with E-state index in [1.54, 1.807) is 12.1 Å². The molecule has 0 saturated heterocycles. The summed E-state index contributed by atoms with van der Waals surface area (Å²) in [5, 5.41) is 14.4. The summed E-state index contributed by atoms with van der Waals surface area (Å²) in [5.41, 5.74) is 1.33. The lowest BCUT2D eigenvalue weighted by atomic mass is 10.1. The van der Waals surface area contributed by atoms with Crippen LogP contribution in [0.2, 0.25) is 10.0 Å². The van der Waals surface area contributed by atoms with Crippen LogP contribution in [0.25, 0.3) is 6.08 Å². The Morgan fingerprint density at radius 2 is 1.71 bits per heavy atom. The molecule has 0 aliphatic heterocycles. The van der Waals surface area contributed by atoms with Gasteiger partial charge < -0.3 is 15.4 Å². The molecule has 0 radical (unpaired) electrons. The molecule has 3 aromatic carbocycles. The van der Waals surface area contributed by atoms with Gasteiger partial charge in [0.15, 0.2) is 12.4 Å². The summed E-state index contributed by atoms with van der Waals surface area (Å²) in [6.07, 6.45) is -3.43. The minimum absolute atomic E-state index is 0.0126. The number of ether oxygens (including phenoxy) is 1. The molecular weight excluding hydrogens is 542 g/mol. The van der Waals surface area contributed by atoms with Crippen molar-refractivity contribution in [2.24, 2.45) is 0 Å². The number of rotatable bonds is 7. The van der Waals surface area contributed by atoms with Gasteiger partial charge in [-0.05, 0) is 67.4 Å². The van der Waals surface area contributed by atoms with Crippen molar-refractivity contribution in [3.63, 3.8) is 0 Å². The lowest BCUT2D eigenvalue weighted by Crippen LogP contribution is -2.20. The molecule has 0 saturated carbocycles. The monoisotopic (exact) mass is 561 g/mol. The van der Waals surface area contributed by atoms with E-state index in [4.69, 9.17) is 27.9 Å². The third-order valence-corrected chi connectivity index (χ3v) is 5.71. The van der Waals surface area contributed by atoms with E-state index >= 15 is 0 Å². The van der Waals surface area contributed by atoms with Gasteiger partial charge in [-0.2, -0.15) is 18.4 Å². The number of nitrogens with zero attached hydrogens (tertiary/aromatic N) is 1. The maximum Gasteiger partial charge on any atom is 0.416 e. The van der Waals surface area contributed by atoms with Crippen LogP contribution in [-0.2, 0) is 15.8 Å². The lowest BCUT2D eigenvalue weighted by molar-refractivity contribution is -0.137. The van der Waals surface area contributed by atoms with E-state index in [0.29, 0.717) is 5.69 Å². The second kappa shape index (κ2) is 12.0. The van der Waals surface area contributed by atoms with Crippen molar-refractivity contribution < 1.29 is 27.5 Å². The summed E-state index contributed by atoms with van der Waals surface area (Å²) >= 11 is 12.5. The highest BCUT2D eigenvalue weighted by Crippen LogP contribution is 2.35. The number of alkyl halides is 3. The Bertz CT molecular complexity index is 1440. The van der Waals surface area contributed by atoms with Crippen molar-refractivity contribution in [3.05, 3.63) is 92.5 Å². The number of amides is 2. The van der Waals surface area contributed by atoms with Crippen molar-refractivity contribution in [2.75, 3.05) is 17.2 Å². The number of hydrogen-bond acceptors (Lipinski definition) is 4. The summed E-state index contributed by atoms with van der Waals surface area (Å²) in [5.74, 6) is -1.35. The average Bonchev–Trinajstić information content (AvgIpc) is 2.83. The summed E-state index contributed by atoms with van der Waals surface area (Å²) in [6, 6.07) is 14.0. The van der Waals surface area contributed by atoms with Crippen LogP contribution < -0.4 is 15.4 Å². The zero-order valence-electron chi connectivity index (χ0n) is 20.0. The van der Waals surface area contributed by atoms with Crippen LogP contribution in [-0.4, -0.2) is 18.4 Å². The summed E-state index contributed by atoms with van der Waals surface area (Å²) in [4.78, 5) is 24.8. The fourth-order valence-corrected chi connectivity index (χ4v) is 3.98. The first-order chi connectivity index (χ1) is 17.9. The highest BCUT2D eigenvalue weighted by Gasteiger charge is 2.30. The number of anilines is 2. The van der Waals surface area contributed by atoms with Crippen molar-refractivity contribution in [1.82, 2.24) is 0 Å². The van der Waals surface area contributed by atoms with E-state index in [1.807, 2.05) is 26.0 Å². The predicted octanol–water partition coefficient (Wildman–Crippen LogP) is 7.19. The van der Waals surface area contributed by atoms with Gasteiger partial charge in [0.25, 0.3) is 11.8 Å². The third-order valence-electron chi connectivity index (χ3n) is 5.15. The van der Waals surface area contributed by atoms with E-state index in [1.165, 1.54) is 18.2 Å². The first-order valence-electron chi connectivity index (χ1n) is 11.0. The van der Waals surface area contributed by atoms with Crippen molar-refractivity contribution in [2.45, 2.75) is 20.0 Å². The molecule has 2 N–H and O–H groups in total. The first-order valence-corrected chi connectivity index (χ1v) is 11.7. The van der Waals surface area contributed by atoms with Gasteiger partial charge in [-0.25, -0.2) is 0 Å². The Morgan fingerprint density at radius 1 is 1.03 bits per heavy atom. The first kappa shape index (κ1) is 28.6. The Kier molecular flexibility index (Phi) is 9.04. The molecule has 0 atom stereocenters. The molecule has 196 valence electrons. The van der Waals surface area contributed by atoms with Gasteiger partial charge in [0, 0.05) is 11.4 Å². The minimum atomic E-state index is -4.59. The van der Waals surface area contributed by atoms with E-state index < -0.39 is 29.1 Å². The molecule has 0 aliphatic carbocycles. The Balaban J connectivity index is 1.71. The normalized spacial score (nSPS) is 11.5. The molecule has 0 heterocycles. The molecule has 0 aliphatic rings. The fourth-order valence-electron chi connectivity index (χ4n) is 3.37. The number of aryl methyl sites for hydroxylation is 2. The van der Waals surface area contributed by atoms with Gasteiger partial charge in [-0.15, -0.1) is 0 Å². The average molecular weight is 562 g/mol. The third kappa shape index (κ3) is 7.51. The maximum atomic E-state index is 12.9. The van der Waals surface area contributed by atoms with Gasteiger partial charge in [0.2, 0.25) is 0 Å². The fraction of sp³-hybridized carbons (Fsp3) is 0.148. The molecule has 11 heteroatoms. The van der Waals surface area contributed by atoms with Gasteiger partial charge in [-0.3, -0.25) is 9.59 Å². The zero-order valence-corrected chi connectivity index (χ0v) is 21.6. The van der Waals surface area contributed by atoms with Crippen molar-refractivity contribution >= 4 is 52.5 Å². The molecule has 0 fully saturated rings. The second-order valence-corrected chi connectivity index (χ2v) is 8.99. The number of halogens is 5. The Hall–Kier alpha value is -4.00. The molecule has 3 rings (SSSR count). The molecule has 0 unspecified atom stereocenters. The van der Waals surface area contributed by atoms with E-state index in [9.17, 15) is 28.0 Å². The van der Waals surface area contributed by atoms with Crippen LogP contribution in [0.4, 0.5) is 24.5 Å². The van der Waals surface area contributed by atoms with Crippen LogP contribution in [0.3, 0.4) is 0 Å². The largest absolute Gasteiger partial charge is 0.481 e. The zero-order chi connectivity index (χ0) is 28.0. The predicted molar refractivity (Wildman–Crippen MR) is 140 cm³/mol. The van der Waals surface area contributed by atoms with Gasteiger partial charge in [0.1, 0.15) is 11.6 Å². The highest BCUT2D eigenvalue weighted by molar-refractivity contribution is 6.37. The number of hydrogen-bond donors (Lipinski definition) is 2. The van der Waals surface area contributed by atoms with Crippen molar-refractivity contribution in [1.29, 1.82) is 5.26 Å². The molecule has 0 aromatic heterocycles. The molecule has 2 amide bonds.